The van der Waals surface area contributed by atoms with Crippen molar-refractivity contribution in [2.24, 2.45) is 0 Å². The van der Waals surface area contributed by atoms with Crippen molar-refractivity contribution in [1.82, 2.24) is 10.3 Å². The molecule has 0 saturated heterocycles. The first-order valence-corrected chi connectivity index (χ1v) is 6.34. The lowest BCUT2D eigenvalue weighted by molar-refractivity contribution is 0.0942. The monoisotopic (exact) mass is 271 g/mol. The predicted molar refractivity (Wildman–Crippen MR) is 77.7 cm³/mol. The molecule has 20 heavy (non-hydrogen) atoms. The van der Waals surface area contributed by atoms with E-state index < -0.39 is 0 Å². The van der Waals surface area contributed by atoms with Crippen LogP contribution >= 0.6 is 0 Å². The molecule has 0 aliphatic heterocycles. The molecule has 0 unspecified atom stereocenters. The highest BCUT2D eigenvalue weighted by Crippen LogP contribution is 2.11. The Balaban J connectivity index is 1.77. The Bertz CT molecular complexity index is 599. The fraction of sp³-hybridized carbons (Fsp3) is 0.200. The maximum atomic E-state index is 11.8. The van der Waals surface area contributed by atoms with E-state index in [1.54, 1.807) is 6.07 Å². The van der Waals surface area contributed by atoms with Crippen LogP contribution in [0.1, 0.15) is 16.1 Å². The number of nitrogens with two attached hydrogens (primary N) is 1. The molecule has 3 N–H and O–H groups in total. The Kier molecular flexibility index (Phi) is 4.55. The summed E-state index contributed by atoms with van der Waals surface area (Å²) in [5.41, 5.74) is 7.55. The van der Waals surface area contributed by atoms with Crippen LogP contribution in [0.25, 0.3) is 0 Å². The maximum Gasteiger partial charge on any atom is 0.270 e. The second-order valence-corrected chi connectivity index (χ2v) is 4.40. The van der Waals surface area contributed by atoms with Crippen LogP contribution in [-0.4, -0.2) is 24.0 Å². The van der Waals surface area contributed by atoms with Crippen molar-refractivity contribution in [3.05, 3.63) is 53.9 Å². The van der Waals surface area contributed by atoms with Gasteiger partial charge in [0.1, 0.15) is 18.1 Å². The molecule has 0 atom stereocenters. The van der Waals surface area contributed by atoms with Crippen LogP contribution in [0.15, 0.2) is 42.6 Å². The molecule has 0 saturated carbocycles. The Morgan fingerprint density at radius 2 is 2.20 bits per heavy atom. The summed E-state index contributed by atoms with van der Waals surface area (Å²) >= 11 is 0. The number of nitrogens with one attached hydrogen (secondary N) is 1. The molecular weight excluding hydrogens is 254 g/mol. The molecule has 0 aliphatic carbocycles. The molecule has 5 nitrogen and oxygen atoms in total. The van der Waals surface area contributed by atoms with Crippen LogP contribution in [0.5, 0.6) is 5.75 Å². The van der Waals surface area contributed by atoms with E-state index in [2.05, 4.69) is 10.3 Å². The molecule has 2 rings (SSSR count). The number of pyridine rings is 1. The maximum absolute atomic E-state index is 11.8. The van der Waals surface area contributed by atoms with Crippen molar-refractivity contribution >= 4 is 11.6 Å². The number of benzene rings is 1. The minimum absolute atomic E-state index is 0.259. The summed E-state index contributed by atoms with van der Waals surface area (Å²) < 4.78 is 5.54. The van der Waals surface area contributed by atoms with Crippen molar-refractivity contribution in [2.45, 2.75) is 6.92 Å². The van der Waals surface area contributed by atoms with E-state index >= 15 is 0 Å². The second kappa shape index (κ2) is 6.56. The number of carbonyl (C=O) groups excluding carboxylic acids is 1. The zero-order valence-corrected chi connectivity index (χ0v) is 11.3. The van der Waals surface area contributed by atoms with Gasteiger partial charge in [0.2, 0.25) is 0 Å². The average molecular weight is 271 g/mol. The number of hydrogen-bond donors (Lipinski definition) is 2. The minimum atomic E-state index is -0.259. The number of nitrogen functional groups attached to an aromatic ring is 1. The van der Waals surface area contributed by atoms with Gasteiger partial charge in [-0.15, -0.1) is 0 Å². The zero-order chi connectivity index (χ0) is 14.4. The lowest BCUT2D eigenvalue weighted by Gasteiger charge is -2.08. The first-order valence-electron chi connectivity index (χ1n) is 6.34. The SMILES string of the molecule is Cc1cccc(OCCNC(=O)c2cc(N)ccn2)c1. The molecule has 0 fully saturated rings. The molecule has 0 bridgehead atoms. The number of hydrogen-bond acceptors (Lipinski definition) is 4. The lowest BCUT2D eigenvalue weighted by Crippen LogP contribution is -2.28. The summed E-state index contributed by atoms with van der Waals surface area (Å²) in [4.78, 5) is 15.7. The van der Waals surface area contributed by atoms with Crippen LogP contribution in [0.3, 0.4) is 0 Å². The van der Waals surface area contributed by atoms with Crippen LogP contribution in [-0.2, 0) is 0 Å². The molecule has 1 amide bonds. The largest absolute Gasteiger partial charge is 0.492 e. The molecule has 1 aromatic heterocycles. The number of aromatic nitrogens is 1. The quantitative estimate of drug-likeness (QED) is 0.813. The molecule has 5 heteroatoms. The third-order valence-electron chi connectivity index (χ3n) is 2.66. The Hall–Kier alpha value is -2.56. The van der Waals surface area contributed by atoms with E-state index in [9.17, 15) is 4.79 Å². The number of anilines is 1. The third-order valence-corrected chi connectivity index (χ3v) is 2.66. The number of ether oxygens (including phenoxy) is 1. The fourth-order valence-electron chi connectivity index (χ4n) is 1.70. The average Bonchev–Trinajstić information content (AvgIpc) is 2.43. The van der Waals surface area contributed by atoms with E-state index in [4.69, 9.17) is 10.5 Å². The molecule has 0 radical (unpaired) electrons. The standard InChI is InChI=1S/C15H17N3O2/c1-11-3-2-4-13(9-11)20-8-7-18-15(19)14-10-12(16)5-6-17-14/h2-6,9-10H,7-8H2,1H3,(H2,16,17)(H,18,19). The molecule has 104 valence electrons. The summed E-state index contributed by atoms with van der Waals surface area (Å²) in [5, 5.41) is 2.73. The van der Waals surface area contributed by atoms with Gasteiger partial charge in [-0.3, -0.25) is 9.78 Å². The van der Waals surface area contributed by atoms with Gasteiger partial charge in [-0.2, -0.15) is 0 Å². The van der Waals surface area contributed by atoms with E-state index in [-0.39, 0.29) is 5.91 Å². The molecule has 1 aromatic carbocycles. The summed E-state index contributed by atoms with van der Waals surface area (Å²) in [6, 6.07) is 10.9. The van der Waals surface area contributed by atoms with Crippen molar-refractivity contribution < 1.29 is 9.53 Å². The van der Waals surface area contributed by atoms with E-state index in [0.29, 0.717) is 24.5 Å². The summed E-state index contributed by atoms with van der Waals surface area (Å²) in [7, 11) is 0. The lowest BCUT2D eigenvalue weighted by atomic mass is 10.2. The minimum Gasteiger partial charge on any atom is -0.492 e. The molecule has 1 heterocycles. The van der Waals surface area contributed by atoms with Gasteiger partial charge in [0.25, 0.3) is 5.91 Å². The Labute approximate surface area is 117 Å². The van der Waals surface area contributed by atoms with Crippen molar-refractivity contribution in [1.29, 1.82) is 0 Å². The van der Waals surface area contributed by atoms with Gasteiger partial charge in [-0.1, -0.05) is 12.1 Å². The van der Waals surface area contributed by atoms with Gasteiger partial charge in [-0.25, -0.2) is 0 Å². The van der Waals surface area contributed by atoms with Crippen LogP contribution in [0.4, 0.5) is 5.69 Å². The molecule has 2 aromatic rings. The molecule has 0 spiro atoms. The summed E-state index contributed by atoms with van der Waals surface area (Å²) in [6.07, 6.45) is 1.51. The summed E-state index contributed by atoms with van der Waals surface area (Å²) in [5.74, 6) is 0.534. The van der Waals surface area contributed by atoms with Crippen LogP contribution in [0, 0.1) is 6.92 Å². The number of rotatable bonds is 5. The normalized spacial score (nSPS) is 10.1. The number of amides is 1. The first kappa shape index (κ1) is 13.9. The van der Waals surface area contributed by atoms with Gasteiger partial charge in [0.05, 0.1) is 6.54 Å². The van der Waals surface area contributed by atoms with Gasteiger partial charge in [-0.05, 0) is 36.8 Å². The van der Waals surface area contributed by atoms with Gasteiger partial charge in [0.15, 0.2) is 0 Å². The number of nitrogens with zero attached hydrogens (tertiary/aromatic N) is 1. The molecule has 0 aliphatic rings. The van der Waals surface area contributed by atoms with Crippen molar-refractivity contribution in [3.8, 4) is 5.75 Å². The van der Waals surface area contributed by atoms with Gasteiger partial charge >= 0.3 is 0 Å². The summed E-state index contributed by atoms with van der Waals surface area (Å²) in [6.45, 7) is 2.81. The predicted octanol–water partition coefficient (Wildman–Crippen LogP) is 1.78. The smallest absolute Gasteiger partial charge is 0.270 e. The van der Waals surface area contributed by atoms with Crippen molar-refractivity contribution in [2.75, 3.05) is 18.9 Å². The van der Waals surface area contributed by atoms with Crippen molar-refractivity contribution in [3.63, 3.8) is 0 Å². The van der Waals surface area contributed by atoms with Crippen LogP contribution < -0.4 is 15.8 Å². The third kappa shape index (κ3) is 3.98. The van der Waals surface area contributed by atoms with Crippen LogP contribution in [0.2, 0.25) is 0 Å². The van der Waals surface area contributed by atoms with E-state index in [1.807, 2.05) is 31.2 Å². The van der Waals surface area contributed by atoms with Gasteiger partial charge in [0, 0.05) is 11.9 Å². The topological polar surface area (TPSA) is 77.2 Å². The van der Waals surface area contributed by atoms with E-state index in [1.165, 1.54) is 12.3 Å². The Morgan fingerprint density at radius 1 is 1.35 bits per heavy atom. The first-order chi connectivity index (χ1) is 9.65. The highest BCUT2D eigenvalue weighted by molar-refractivity contribution is 5.92. The molecular formula is C15H17N3O2. The second-order valence-electron chi connectivity index (χ2n) is 4.40. The zero-order valence-electron chi connectivity index (χ0n) is 11.3. The Morgan fingerprint density at radius 3 is 2.95 bits per heavy atom. The highest BCUT2D eigenvalue weighted by atomic mass is 16.5. The highest BCUT2D eigenvalue weighted by Gasteiger charge is 2.06. The van der Waals surface area contributed by atoms with E-state index in [0.717, 1.165) is 11.3 Å². The number of aryl methyl sites for hydroxylation is 1. The number of carbonyl (C=O) groups is 1. The van der Waals surface area contributed by atoms with Gasteiger partial charge < -0.3 is 15.8 Å². The fourth-order valence-corrected chi connectivity index (χ4v) is 1.70.